The molecule has 0 radical (unpaired) electrons. The second-order valence-corrected chi connectivity index (χ2v) is 11.9. The van der Waals surface area contributed by atoms with Gasteiger partial charge in [-0.3, -0.25) is 4.79 Å². The van der Waals surface area contributed by atoms with Crippen LogP contribution in [0.15, 0.2) is 30.4 Å². The standard InChI is InChI=1S/C28H36F3N3O2/c1-16-5-6-17(28(29,30)31)15-21(16)32-25(36)33-22-9-8-19-18-7-10-23-27(3,14-12-24(35)34(23)4)20(18)11-13-26(19,22)2/h5-6,12,14-15,18-20,22-23H,7-11,13H2,1-4H3,(H2,32,33,36)/t18-,19-,20-,22-,23+,26-,27+/m0/s1. The van der Waals surface area contributed by atoms with Crippen molar-refractivity contribution in [2.24, 2.45) is 28.6 Å². The van der Waals surface area contributed by atoms with Gasteiger partial charge in [-0.2, -0.15) is 13.2 Å². The van der Waals surface area contributed by atoms with Gasteiger partial charge in [0, 0.05) is 30.2 Å². The number of carbonyl (C=O) groups is 2. The largest absolute Gasteiger partial charge is 0.416 e. The van der Waals surface area contributed by atoms with Crippen LogP contribution in [-0.4, -0.2) is 36.0 Å². The van der Waals surface area contributed by atoms with E-state index < -0.39 is 17.8 Å². The Kier molecular flexibility index (Phi) is 5.95. The first-order chi connectivity index (χ1) is 16.8. The lowest BCUT2D eigenvalue weighted by molar-refractivity contribution is -0.138. The van der Waals surface area contributed by atoms with Crippen molar-refractivity contribution < 1.29 is 22.8 Å². The summed E-state index contributed by atoms with van der Waals surface area (Å²) in [6, 6.07) is 3.18. The predicted octanol–water partition coefficient (Wildman–Crippen LogP) is 6.14. The van der Waals surface area contributed by atoms with E-state index in [2.05, 4.69) is 30.6 Å². The molecule has 1 aliphatic heterocycles. The number of urea groups is 1. The van der Waals surface area contributed by atoms with E-state index in [4.69, 9.17) is 0 Å². The first-order valence-electron chi connectivity index (χ1n) is 13.1. The van der Waals surface area contributed by atoms with Gasteiger partial charge >= 0.3 is 12.2 Å². The number of nitrogens with one attached hydrogen (secondary N) is 2. The average Bonchev–Trinajstić information content (AvgIpc) is 3.13. The van der Waals surface area contributed by atoms with E-state index in [1.807, 2.05) is 11.9 Å². The molecule has 0 spiro atoms. The van der Waals surface area contributed by atoms with Gasteiger partial charge < -0.3 is 15.5 Å². The summed E-state index contributed by atoms with van der Waals surface area (Å²) in [5, 5.41) is 5.80. The Labute approximate surface area is 210 Å². The third kappa shape index (κ3) is 3.91. The number of halogens is 3. The van der Waals surface area contributed by atoms with E-state index in [9.17, 15) is 22.8 Å². The molecule has 3 fully saturated rings. The molecule has 0 bridgehead atoms. The lowest BCUT2D eigenvalue weighted by Gasteiger charge is -2.60. The fourth-order valence-electron chi connectivity index (χ4n) is 8.23. The number of anilines is 1. The summed E-state index contributed by atoms with van der Waals surface area (Å²) in [7, 11) is 1.92. The van der Waals surface area contributed by atoms with Crippen molar-refractivity contribution in [3.05, 3.63) is 41.5 Å². The number of fused-ring (bicyclic) bond motifs is 5. The third-order valence-electron chi connectivity index (χ3n) is 10.2. The first-order valence-corrected chi connectivity index (χ1v) is 13.1. The first kappa shape index (κ1) is 25.2. The highest BCUT2D eigenvalue weighted by Crippen LogP contribution is 2.63. The highest BCUT2D eigenvalue weighted by atomic mass is 19.4. The summed E-state index contributed by atoms with van der Waals surface area (Å²) in [5.41, 5.74) is -0.0905. The zero-order valence-electron chi connectivity index (χ0n) is 21.4. The normalized spacial score (nSPS) is 37.7. The molecule has 2 N–H and O–H groups in total. The van der Waals surface area contributed by atoms with Crippen molar-refractivity contribution >= 4 is 17.6 Å². The van der Waals surface area contributed by atoms with Gasteiger partial charge in [-0.05, 0) is 92.4 Å². The number of rotatable bonds is 2. The number of nitrogens with zero attached hydrogens (tertiary/aromatic N) is 1. The van der Waals surface area contributed by atoms with Gasteiger partial charge in [0.05, 0.1) is 5.56 Å². The molecule has 1 aromatic rings. The van der Waals surface area contributed by atoms with Crippen LogP contribution in [0.25, 0.3) is 0 Å². The Hall–Kier alpha value is -2.51. The Bertz CT molecular complexity index is 1100. The maximum Gasteiger partial charge on any atom is 0.416 e. The number of benzene rings is 1. The van der Waals surface area contributed by atoms with Crippen LogP contribution < -0.4 is 10.6 Å². The second-order valence-electron chi connectivity index (χ2n) is 11.9. The van der Waals surface area contributed by atoms with Crippen LogP contribution in [0.1, 0.15) is 63.5 Å². The topological polar surface area (TPSA) is 61.4 Å². The summed E-state index contributed by atoms with van der Waals surface area (Å²) in [6.45, 7) is 6.28. The molecule has 0 unspecified atom stereocenters. The van der Waals surface area contributed by atoms with Crippen LogP contribution in [0.5, 0.6) is 0 Å². The minimum Gasteiger partial charge on any atom is -0.338 e. The molecule has 3 amide bonds. The summed E-state index contributed by atoms with van der Waals surface area (Å²) in [4.78, 5) is 27.1. The Morgan fingerprint density at radius 2 is 1.83 bits per heavy atom. The molecule has 196 valence electrons. The van der Waals surface area contributed by atoms with Crippen LogP contribution in [-0.2, 0) is 11.0 Å². The molecule has 8 heteroatoms. The predicted molar refractivity (Wildman–Crippen MR) is 132 cm³/mol. The Balaban J connectivity index is 1.30. The lowest BCUT2D eigenvalue weighted by Crippen LogP contribution is -2.60. The zero-order chi connectivity index (χ0) is 26.0. The van der Waals surface area contributed by atoms with Gasteiger partial charge in [-0.1, -0.05) is 26.0 Å². The molecular formula is C28H36F3N3O2. The van der Waals surface area contributed by atoms with Crippen molar-refractivity contribution in [2.75, 3.05) is 12.4 Å². The van der Waals surface area contributed by atoms with Crippen molar-refractivity contribution in [2.45, 2.75) is 77.6 Å². The van der Waals surface area contributed by atoms with Gasteiger partial charge in [-0.25, -0.2) is 4.79 Å². The molecule has 7 atom stereocenters. The molecule has 5 rings (SSSR count). The van der Waals surface area contributed by atoms with Gasteiger partial charge in [0.15, 0.2) is 0 Å². The Morgan fingerprint density at radius 3 is 2.56 bits per heavy atom. The zero-order valence-corrected chi connectivity index (χ0v) is 21.4. The lowest BCUT2D eigenvalue weighted by atomic mass is 9.48. The quantitative estimate of drug-likeness (QED) is 0.509. The van der Waals surface area contributed by atoms with Crippen molar-refractivity contribution in [3.63, 3.8) is 0 Å². The van der Waals surface area contributed by atoms with E-state index in [0.717, 1.165) is 50.7 Å². The fourth-order valence-corrected chi connectivity index (χ4v) is 8.23. The molecular weight excluding hydrogens is 467 g/mol. The molecule has 1 aromatic carbocycles. The number of hydrogen-bond acceptors (Lipinski definition) is 2. The molecule has 4 aliphatic rings. The number of alkyl halides is 3. The fraction of sp³-hybridized carbons (Fsp3) is 0.643. The minimum absolute atomic E-state index is 0.0220. The number of amides is 3. The summed E-state index contributed by atoms with van der Waals surface area (Å²) < 4.78 is 39.5. The second kappa shape index (κ2) is 8.52. The maximum atomic E-state index is 13.2. The molecule has 3 saturated carbocycles. The van der Waals surface area contributed by atoms with Gasteiger partial charge in [0.2, 0.25) is 5.91 Å². The van der Waals surface area contributed by atoms with Crippen molar-refractivity contribution in [3.8, 4) is 0 Å². The minimum atomic E-state index is -4.46. The van der Waals surface area contributed by atoms with E-state index in [1.165, 1.54) is 6.07 Å². The third-order valence-corrected chi connectivity index (χ3v) is 10.2. The molecule has 1 heterocycles. The number of hydrogen-bond donors (Lipinski definition) is 2. The van der Waals surface area contributed by atoms with E-state index in [-0.39, 0.29) is 34.5 Å². The number of carbonyl (C=O) groups excluding carboxylic acids is 2. The van der Waals surface area contributed by atoms with Gasteiger partial charge in [0.1, 0.15) is 0 Å². The molecule has 5 nitrogen and oxygen atoms in total. The van der Waals surface area contributed by atoms with Gasteiger partial charge in [0.25, 0.3) is 0 Å². The number of likely N-dealkylation sites (N-methyl/N-ethyl adjacent to an activating group) is 1. The summed E-state index contributed by atoms with van der Waals surface area (Å²) in [6.07, 6.45) is 5.45. The summed E-state index contributed by atoms with van der Waals surface area (Å²) >= 11 is 0. The molecule has 36 heavy (non-hydrogen) atoms. The van der Waals surface area contributed by atoms with E-state index >= 15 is 0 Å². The maximum absolute atomic E-state index is 13.2. The van der Waals surface area contributed by atoms with E-state index in [1.54, 1.807) is 13.0 Å². The highest BCUT2D eigenvalue weighted by molar-refractivity contribution is 5.90. The van der Waals surface area contributed by atoms with Crippen LogP contribution in [0.2, 0.25) is 0 Å². The molecule has 0 aromatic heterocycles. The highest BCUT2D eigenvalue weighted by Gasteiger charge is 2.60. The van der Waals surface area contributed by atoms with Gasteiger partial charge in [-0.15, -0.1) is 0 Å². The molecule has 3 aliphatic carbocycles. The molecule has 0 saturated heterocycles. The van der Waals surface area contributed by atoms with Crippen molar-refractivity contribution in [1.82, 2.24) is 10.2 Å². The van der Waals surface area contributed by atoms with Crippen molar-refractivity contribution in [1.29, 1.82) is 0 Å². The summed E-state index contributed by atoms with van der Waals surface area (Å²) in [5.74, 6) is 1.60. The monoisotopic (exact) mass is 503 g/mol. The number of aryl methyl sites for hydroxylation is 1. The van der Waals surface area contributed by atoms with Crippen LogP contribution >= 0.6 is 0 Å². The van der Waals surface area contributed by atoms with E-state index in [0.29, 0.717) is 23.3 Å². The van der Waals surface area contributed by atoms with Crippen LogP contribution in [0.3, 0.4) is 0 Å². The SMILES string of the molecule is Cc1ccc(C(F)(F)F)cc1NC(=O)N[C@H]1CC[C@H]2[C@@H]3CC[C@H]4N(C)C(=O)C=C[C@]4(C)[C@H]3CC[C@]12C. The smallest absolute Gasteiger partial charge is 0.338 e. The Morgan fingerprint density at radius 1 is 1.08 bits per heavy atom. The van der Waals surface area contributed by atoms with Crippen LogP contribution in [0.4, 0.5) is 23.7 Å². The average molecular weight is 504 g/mol. The van der Waals surface area contributed by atoms with Crippen LogP contribution in [0, 0.1) is 35.5 Å².